The molecule has 2 aromatic carbocycles. The van der Waals surface area contributed by atoms with E-state index in [4.69, 9.17) is 21.1 Å². The molecule has 0 spiro atoms. The molecule has 1 aromatic heterocycles. The minimum atomic E-state index is -0.512. The average molecular weight is 440 g/mol. The zero-order valence-electron chi connectivity index (χ0n) is 17.1. The van der Waals surface area contributed by atoms with Crippen molar-refractivity contribution in [3.8, 4) is 11.4 Å². The van der Waals surface area contributed by atoms with Gasteiger partial charge in [0.2, 0.25) is 5.91 Å². The second-order valence-corrected chi connectivity index (χ2v) is 7.55. The summed E-state index contributed by atoms with van der Waals surface area (Å²) in [5.41, 5.74) is 3.00. The predicted molar refractivity (Wildman–Crippen MR) is 117 cm³/mol. The number of benzene rings is 2. The van der Waals surface area contributed by atoms with Gasteiger partial charge in [-0.3, -0.25) is 4.79 Å². The maximum absolute atomic E-state index is 12.1. The number of anilines is 1. The first-order chi connectivity index (χ1) is 15.0. The van der Waals surface area contributed by atoms with Crippen molar-refractivity contribution in [3.63, 3.8) is 0 Å². The number of hydrogen-bond acceptors (Lipinski definition) is 5. The van der Waals surface area contributed by atoms with Crippen LogP contribution in [0.4, 0.5) is 5.69 Å². The van der Waals surface area contributed by atoms with Crippen LogP contribution in [0.15, 0.2) is 54.6 Å². The van der Waals surface area contributed by atoms with Gasteiger partial charge in [-0.1, -0.05) is 29.8 Å². The molecule has 1 aliphatic rings. The molecule has 0 N–H and O–H groups in total. The second-order valence-electron chi connectivity index (χ2n) is 7.19. The zero-order valence-corrected chi connectivity index (χ0v) is 17.8. The molecule has 0 bridgehead atoms. The third-order valence-electron chi connectivity index (χ3n) is 5.08. The van der Waals surface area contributed by atoms with E-state index in [2.05, 4.69) is 5.10 Å². The van der Waals surface area contributed by atoms with E-state index in [1.165, 1.54) is 0 Å². The Morgan fingerprint density at radius 3 is 2.52 bits per heavy atom. The molecular weight excluding hydrogens is 418 g/mol. The lowest BCUT2D eigenvalue weighted by Gasteiger charge is -2.16. The fraction of sp³-hybridized carbons (Fsp3) is 0.261. The number of aryl methyl sites for hydroxylation is 1. The summed E-state index contributed by atoms with van der Waals surface area (Å²) in [5, 5.41) is 4.84. The van der Waals surface area contributed by atoms with Crippen molar-refractivity contribution in [3.05, 3.63) is 71.0 Å². The summed E-state index contributed by atoms with van der Waals surface area (Å²) in [4.78, 5) is 25.7. The Morgan fingerprint density at radius 1 is 1.10 bits per heavy atom. The van der Waals surface area contributed by atoms with Crippen molar-refractivity contribution in [2.45, 2.75) is 26.4 Å². The van der Waals surface area contributed by atoms with Gasteiger partial charge < -0.3 is 14.4 Å². The first-order valence-electron chi connectivity index (χ1n) is 10.0. The molecule has 31 heavy (non-hydrogen) atoms. The summed E-state index contributed by atoms with van der Waals surface area (Å²) in [6.07, 6.45) is 1.45. The van der Waals surface area contributed by atoms with Crippen molar-refractivity contribution in [2.24, 2.45) is 0 Å². The number of halogens is 1. The summed E-state index contributed by atoms with van der Waals surface area (Å²) >= 11 is 6.45. The molecule has 1 amide bonds. The van der Waals surface area contributed by atoms with E-state index in [-0.39, 0.29) is 19.1 Å². The van der Waals surface area contributed by atoms with Gasteiger partial charge in [0.1, 0.15) is 17.5 Å². The molecule has 0 unspecified atom stereocenters. The van der Waals surface area contributed by atoms with Crippen LogP contribution in [0.5, 0.6) is 5.75 Å². The second kappa shape index (κ2) is 9.22. The van der Waals surface area contributed by atoms with Crippen LogP contribution in [0.2, 0.25) is 5.15 Å². The summed E-state index contributed by atoms with van der Waals surface area (Å²) in [6.45, 7) is 2.33. The largest absolute Gasteiger partial charge is 0.482 e. The minimum Gasteiger partial charge on any atom is -0.482 e. The number of hydrogen-bond donors (Lipinski definition) is 0. The molecule has 0 saturated carbocycles. The van der Waals surface area contributed by atoms with Crippen LogP contribution < -0.4 is 9.64 Å². The topological polar surface area (TPSA) is 73.7 Å². The maximum atomic E-state index is 12.1. The number of aromatic nitrogens is 2. The van der Waals surface area contributed by atoms with E-state index in [1.807, 2.05) is 49.4 Å². The van der Waals surface area contributed by atoms with Crippen LogP contribution in [0, 0.1) is 6.92 Å². The highest BCUT2D eigenvalue weighted by molar-refractivity contribution is 6.30. The number of ether oxygens (including phenoxy) is 2. The molecule has 1 fully saturated rings. The summed E-state index contributed by atoms with van der Waals surface area (Å²) < 4.78 is 12.4. The Morgan fingerprint density at radius 2 is 1.84 bits per heavy atom. The van der Waals surface area contributed by atoms with Gasteiger partial charge in [0.25, 0.3) is 0 Å². The monoisotopic (exact) mass is 439 g/mol. The molecule has 1 aliphatic heterocycles. The van der Waals surface area contributed by atoms with Crippen molar-refractivity contribution < 1.29 is 19.1 Å². The number of para-hydroxylation sites is 1. The third-order valence-corrected chi connectivity index (χ3v) is 5.47. The van der Waals surface area contributed by atoms with Gasteiger partial charge >= 0.3 is 5.97 Å². The Labute approximate surface area is 185 Å². The molecule has 160 valence electrons. The number of nitrogens with zero attached hydrogens (tertiary/aromatic N) is 3. The van der Waals surface area contributed by atoms with E-state index in [0.29, 0.717) is 28.6 Å². The Balaban J connectivity index is 1.31. The van der Waals surface area contributed by atoms with Crippen molar-refractivity contribution in [2.75, 3.05) is 18.1 Å². The van der Waals surface area contributed by atoms with E-state index < -0.39 is 5.97 Å². The highest BCUT2D eigenvalue weighted by Crippen LogP contribution is 2.25. The zero-order chi connectivity index (χ0) is 21.8. The van der Waals surface area contributed by atoms with Crippen LogP contribution >= 0.6 is 11.6 Å². The summed E-state index contributed by atoms with van der Waals surface area (Å²) in [5.74, 6) is 0.141. The fourth-order valence-electron chi connectivity index (χ4n) is 3.42. The minimum absolute atomic E-state index is 0.00963. The Kier molecular flexibility index (Phi) is 6.23. The molecule has 3 aromatic rings. The average Bonchev–Trinajstić information content (AvgIpc) is 3.34. The molecule has 4 rings (SSSR count). The standard InChI is InChI=1S/C23H22ClN3O4/c1-16-20(23(24)27(25-16)18-6-3-2-4-7-18)14-31-22(29)15-30-19-11-9-17(10-12-19)26-13-5-8-21(26)28/h2-4,6-7,9-12H,5,8,13-15H2,1H3. The number of carbonyl (C=O) groups excluding carboxylic acids is 2. The quantitative estimate of drug-likeness (QED) is 0.518. The van der Waals surface area contributed by atoms with Crippen LogP contribution in [-0.4, -0.2) is 34.8 Å². The van der Waals surface area contributed by atoms with E-state index in [9.17, 15) is 9.59 Å². The molecule has 0 aliphatic carbocycles. The lowest BCUT2D eigenvalue weighted by molar-refractivity contribution is -0.147. The van der Waals surface area contributed by atoms with Crippen LogP contribution in [0.1, 0.15) is 24.1 Å². The van der Waals surface area contributed by atoms with Gasteiger partial charge in [-0.15, -0.1) is 0 Å². The first-order valence-corrected chi connectivity index (χ1v) is 10.4. The lowest BCUT2D eigenvalue weighted by atomic mass is 10.3. The Hall–Kier alpha value is -3.32. The SMILES string of the molecule is Cc1nn(-c2ccccc2)c(Cl)c1COC(=O)COc1ccc(N2CCCC2=O)cc1. The van der Waals surface area contributed by atoms with Crippen LogP contribution in [0.3, 0.4) is 0 Å². The van der Waals surface area contributed by atoms with Gasteiger partial charge in [-0.2, -0.15) is 5.10 Å². The van der Waals surface area contributed by atoms with Crippen molar-refractivity contribution >= 4 is 29.2 Å². The van der Waals surface area contributed by atoms with Gasteiger partial charge in [0.05, 0.1) is 11.4 Å². The third kappa shape index (κ3) is 4.72. The molecule has 8 heteroatoms. The van der Waals surface area contributed by atoms with E-state index in [0.717, 1.165) is 24.3 Å². The highest BCUT2D eigenvalue weighted by atomic mass is 35.5. The maximum Gasteiger partial charge on any atom is 0.344 e. The Bertz CT molecular complexity index is 1080. The number of amides is 1. The molecule has 2 heterocycles. The van der Waals surface area contributed by atoms with Gasteiger partial charge in [0, 0.05) is 24.2 Å². The fourth-order valence-corrected chi connectivity index (χ4v) is 3.74. The van der Waals surface area contributed by atoms with Crippen LogP contribution in [-0.2, 0) is 20.9 Å². The summed E-state index contributed by atoms with van der Waals surface area (Å²) in [7, 11) is 0. The number of esters is 1. The van der Waals surface area contributed by atoms with Gasteiger partial charge in [-0.05, 0) is 49.7 Å². The van der Waals surface area contributed by atoms with Gasteiger partial charge in [-0.25, -0.2) is 9.48 Å². The highest BCUT2D eigenvalue weighted by Gasteiger charge is 2.21. The molecule has 1 saturated heterocycles. The van der Waals surface area contributed by atoms with E-state index >= 15 is 0 Å². The van der Waals surface area contributed by atoms with Crippen LogP contribution in [0.25, 0.3) is 5.69 Å². The van der Waals surface area contributed by atoms with Gasteiger partial charge in [0.15, 0.2) is 6.61 Å². The lowest BCUT2D eigenvalue weighted by Crippen LogP contribution is -2.23. The van der Waals surface area contributed by atoms with Crippen molar-refractivity contribution in [1.29, 1.82) is 0 Å². The predicted octanol–water partition coefficient (Wildman–Crippen LogP) is 4.08. The van der Waals surface area contributed by atoms with E-state index in [1.54, 1.807) is 21.7 Å². The molecule has 7 nitrogen and oxygen atoms in total. The number of carbonyl (C=O) groups is 2. The first kappa shape index (κ1) is 20.9. The number of rotatable bonds is 7. The smallest absolute Gasteiger partial charge is 0.344 e. The van der Waals surface area contributed by atoms with Crippen molar-refractivity contribution in [1.82, 2.24) is 9.78 Å². The molecular formula is C23H22ClN3O4. The molecule has 0 radical (unpaired) electrons. The summed E-state index contributed by atoms with van der Waals surface area (Å²) in [6, 6.07) is 16.6. The molecule has 0 atom stereocenters. The normalized spacial score (nSPS) is 13.5.